The molecule has 0 bridgehead atoms. The molecule has 3 rings (SSSR count). The van der Waals surface area contributed by atoms with Crippen molar-refractivity contribution >= 4 is 20.7 Å². The first-order chi connectivity index (χ1) is 11.3. The molecule has 0 atom stereocenters. The van der Waals surface area contributed by atoms with Crippen LogP contribution in [0.5, 0.6) is 0 Å². The number of fused-ring (bicyclic) bond motifs is 1. The Kier molecular flexibility index (Phi) is 3.84. The Morgan fingerprint density at radius 2 is 1.83 bits per heavy atom. The van der Waals surface area contributed by atoms with Gasteiger partial charge in [-0.25, -0.2) is 17.8 Å². The number of nitrogens with one attached hydrogen (secondary N) is 1. The smallest absolute Gasteiger partial charge is 0.307 e. The Hall–Kier alpha value is -2.74. The maximum atomic E-state index is 12.6. The third-order valence-electron chi connectivity index (χ3n) is 3.68. The molecule has 1 N–H and O–H groups in total. The molecule has 2 heterocycles. The standard InChI is InChI=1S/C16H15N3O4S/c1-10-7-14-13(8-12(10)11-3-5-17-6-4-11)15(20)19(16(21)18-14)9-24(2,22)23/h3-8H,9H2,1-2H3,(H,18,21). The Morgan fingerprint density at radius 1 is 1.17 bits per heavy atom. The third kappa shape index (κ3) is 3.00. The van der Waals surface area contributed by atoms with E-state index in [4.69, 9.17) is 0 Å². The van der Waals surface area contributed by atoms with E-state index in [0.29, 0.717) is 10.1 Å². The normalized spacial score (nSPS) is 11.8. The number of aromatic nitrogens is 3. The number of benzene rings is 1. The number of hydrogen-bond acceptors (Lipinski definition) is 5. The van der Waals surface area contributed by atoms with Gasteiger partial charge in [-0.05, 0) is 47.9 Å². The van der Waals surface area contributed by atoms with Gasteiger partial charge in [0.15, 0.2) is 9.84 Å². The van der Waals surface area contributed by atoms with Crippen LogP contribution in [-0.4, -0.2) is 29.2 Å². The van der Waals surface area contributed by atoms with Crippen molar-refractivity contribution in [3.63, 3.8) is 0 Å². The number of nitrogens with zero attached hydrogens (tertiary/aromatic N) is 2. The molecule has 2 aromatic heterocycles. The second kappa shape index (κ2) is 5.72. The molecule has 0 spiro atoms. The molecule has 0 aliphatic carbocycles. The fraction of sp³-hybridized carbons (Fsp3) is 0.188. The Bertz CT molecular complexity index is 1150. The zero-order chi connectivity index (χ0) is 17.5. The summed E-state index contributed by atoms with van der Waals surface area (Å²) in [6.07, 6.45) is 4.27. The lowest BCUT2D eigenvalue weighted by molar-refractivity contribution is 0.584. The number of rotatable bonds is 3. The van der Waals surface area contributed by atoms with Gasteiger partial charge in [-0.15, -0.1) is 0 Å². The van der Waals surface area contributed by atoms with Crippen molar-refractivity contribution in [2.24, 2.45) is 0 Å². The van der Waals surface area contributed by atoms with Crippen molar-refractivity contribution in [3.05, 3.63) is 63.1 Å². The molecule has 0 aliphatic heterocycles. The molecule has 8 heteroatoms. The number of sulfone groups is 1. The van der Waals surface area contributed by atoms with Gasteiger partial charge in [0.05, 0.1) is 10.9 Å². The summed E-state index contributed by atoms with van der Waals surface area (Å²) >= 11 is 0. The van der Waals surface area contributed by atoms with Crippen molar-refractivity contribution in [1.29, 1.82) is 0 Å². The second-order valence-corrected chi connectivity index (χ2v) is 7.78. The zero-order valence-electron chi connectivity index (χ0n) is 13.1. The number of H-pyrrole nitrogens is 1. The maximum absolute atomic E-state index is 12.6. The number of aryl methyl sites for hydroxylation is 1. The zero-order valence-corrected chi connectivity index (χ0v) is 13.9. The lowest BCUT2D eigenvalue weighted by Crippen LogP contribution is -2.37. The summed E-state index contributed by atoms with van der Waals surface area (Å²) in [5.41, 5.74) is 1.59. The van der Waals surface area contributed by atoms with E-state index >= 15 is 0 Å². The van der Waals surface area contributed by atoms with Gasteiger partial charge >= 0.3 is 5.69 Å². The lowest BCUT2D eigenvalue weighted by atomic mass is 9.99. The van der Waals surface area contributed by atoms with Crippen molar-refractivity contribution in [1.82, 2.24) is 14.5 Å². The first-order valence-electron chi connectivity index (χ1n) is 7.12. The fourth-order valence-electron chi connectivity index (χ4n) is 2.60. The minimum absolute atomic E-state index is 0.260. The van der Waals surface area contributed by atoms with Gasteiger partial charge in [-0.2, -0.15) is 0 Å². The van der Waals surface area contributed by atoms with Crippen molar-refractivity contribution in [2.45, 2.75) is 12.8 Å². The number of hydrogen-bond donors (Lipinski definition) is 1. The van der Waals surface area contributed by atoms with E-state index in [-0.39, 0.29) is 5.39 Å². The van der Waals surface area contributed by atoms with Crippen LogP contribution in [0.25, 0.3) is 22.0 Å². The van der Waals surface area contributed by atoms with Crippen LogP contribution in [0.3, 0.4) is 0 Å². The Balaban J connectivity index is 2.33. The van der Waals surface area contributed by atoms with E-state index in [2.05, 4.69) is 9.97 Å². The lowest BCUT2D eigenvalue weighted by Gasteiger charge is -2.10. The summed E-state index contributed by atoms with van der Waals surface area (Å²) in [7, 11) is -3.53. The summed E-state index contributed by atoms with van der Waals surface area (Å²) in [4.78, 5) is 31.2. The van der Waals surface area contributed by atoms with E-state index in [9.17, 15) is 18.0 Å². The molecule has 24 heavy (non-hydrogen) atoms. The van der Waals surface area contributed by atoms with Crippen LogP contribution in [0.1, 0.15) is 5.56 Å². The Labute approximate surface area is 137 Å². The summed E-state index contributed by atoms with van der Waals surface area (Å²) in [6, 6.07) is 7.00. The van der Waals surface area contributed by atoms with Gasteiger partial charge in [0.2, 0.25) is 0 Å². The van der Waals surface area contributed by atoms with Gasteiger partial charge in [-0.1, -0.05) is 0 Å². The van der Waals surface area contributed by atoms with E-state index in [0.717, 1.165) is 22.9 Å². The van der Waals surface area contributed by atoms with Crippen LogP contribution in [0.4, 0.5) is 0 Å². The maximum Gasteiger partial charge on any atom is 0.329 e. The van der Waals surface area contributed by atoms with Crippen molar-refractivity contribution < 1.29 is 8.42 Å². The molecule has 0 unspecified atom stereocenters. The largest absolute Gasteiger partial charge is 0.329 e. The molecule has 0 saturated carbocycles. The molecule has 7 nitrogen and oxygen atoms in total. The topological polar surface area (TPSA) is 102 Å². The average Bonchev–Trinajstić information content (AvgIpc) is 2.51. The molecule has 0 saturated heterocycles. The van der Waals surface area contributed by atoms with Gasteiger partial charge in [0.1, 0.15) is 5.88 Å². The van der Waals surface area contributed by atoms with Gasteiger partial charge in [0.25, 0.3) is 5.56 Å². The molecule has 0 amide bonds. The first-order valence-corrected chi connectivity index (χ1v) is 9.18. The Morgan fingerprint density at radius 3 is 2.46 bits per heavy atom. The van der Waals surface area contributed by atoms with Crippen LogP contribution >= 0.6 is 0 Å². The molecule has 3 aromatic rings. The van der Waals surface area contributed by atoms with E-state index in [1.807, 2.05) is 19.1 Å². The van der Waals surface area contributed by atoms with E-state index in [1.54, 1.807) is 24.5 Å². The molecular weight excluding hydrogens is 330 g/mol. The van der Waals surface area contributed by atoms with Gasteiger partial charge in [-0.3, -0.25) is 9.78 Å². The summed E-state index contributed by atoms with van der Waals surface area (Å²) in [5.74, 6) is -0.657. The van der Waals surface area contributed by atoms with Gasteiger partial charge in [0, 0.05) is 18.6 Å². The molecular formula is C16H15N3O4S. The van der Waals surface area contributed by atoms with Gasteiger partial charge < -0.3 is 4.98 Å². The van der Waals surface area contributed by atoms with Crippen LogP contribution in [0, 0.1) is 6.92 Å². The van der Waals surface area contributed by atoms with Crippen LogP contribution in [0.2, 0.25) is 0 Å². The SMILES string of the molecule is Cc1cc2[nH]c(=O)n(CS(C)(=O)=O)c(=O)c2cc1-c1ccncc1. The highest BCUT2D eigenvalue weighted by Crippen LogP contribution is 2.25. The third-order valence-corrected chi connectivity index (χ3v) is 4.41. The number of aromatic amines is 1. The summed E-state index contributed by atoms with van der Waals surface area (Å²) < 4.78 is 23.6. The molecule has 124 valence electrons. The molecule has 0 radical (unpaired) electrons. The molecule has 1 aromatic carbocycles. The first kappa shape index (κ1) is 16.1. The quantitative estimate of drug-likeness (QED) is 0.765. The van der Waals surface area contributed by atoms with Crippen molar-refractivity contribution in [2.75, 3.05) is 6.26 Å². The molecule has 0 aliphatic rings. The summed E-state index contributed by atoms with van der Waals surface area (Å²) in [6.45, 7) is 1.87. The van der Waals surface area contributed by atoms with E-state index < -0.39 is 27.0 Å². The monoisotopic (exact) mass is 345 g/mol. The second-order valence-electron chi connectivity index (χ2n) is 5.67. The van der Waals surface area contributed by atoms with E-state index in [1.165, 1.54) is 0 Å². The minimum atomic E-state index is -3.53. The van der Waals surface area contributed by atoms with Crippen molar-refractivity contribution in [3.8, 4) is 11.1 Å². The predicted octanol–water partition coefficient (Wildman–Crippen LogP) is 1.06. The minimum Gasteiger partial charge on any atom is -0.307 e. The highest BCUT2D eigenvalue weighted by molar-refractivity contribution is 7.89. The number of pyridine rings is 1. The van der Waals surface area contributed by atoms with Crippen LogP contribution in [0.15, 0.2) is 46.2 Å². The average molecular weight is 345 g/mol. The fourth-order valence-corrected chi connectivity index (χ4v) is 3.31. The highest BCUT2D eigenvalue weighted by atomic mass is 32.2. The predicted molar refractivity (Wildman–Crippen MR) is 91.6 cm³/mol. The van der Waals surface area contributed by atoms with Crippen LogP contribution in [-0.2, 0) is 15.7 Å². The van der Waals surface area contributed by atoms with Crippen LogP contribution < -0.4 is 11.2 Å². The summed E-state index contributed by atoms with van der Waals surface area (Å²) in [5, 5.41) is 0.260. The highest BCUT2D eigenvalue weighted by Gasteiger charge is 2.14. The molecule has 0 fully saturated rings.